The molecule has 0 heterocycles. The Morgan fingerprint density at radius 1 is 0.622 bits per heavy atom. The first-order chi connectivity index (χ1) is 17.5. The van der Waals surface area contributed by atoms with Gasteiger partial charge in [-0.2, -0.15) is 0 Å². The van der Waals surface area contributed by atoms with Crippen LogP contribution in [0.2, 0.25) is 0 Å². The number of benzene rings is 4. The number of hydrogen-bond acceptors (Lipinski definition) is 4. The molecule has 0 saturated carbocycles. The molecule has 0 radical (unpaired) electrons. The van der Waals surface area contributed by atoms with Crippen LogP contribution in [0.25, 0.3) is 0 Å². The van der Waals surface area contributed by atoms with Crippen molar-refractivity contribution in [1.82, 2.24) is 0 Å². The van der Waals surface area contributed by atoms with Crippen LogP contribution >= 0.6 is 0 Å². The molecule has 5 nitrogen and oxygen atoms in total. The number of rotatable bonds is 7. The third-order valence-corrected chi connectivity index (χ3v) is 6.87. The van der Waals surface area contributed by atoms with Gasteiger partial charge in [0.15, 0.2) is 0 Å². The van der Waals surface area contributed by atoms with Gasteiger partial charge < -0.3 is 9.47 Å². The van der Waals surface area contributed by atoms with Gasteiger partial charge in [0.2, 0.25) is 0 Å². The van der Waals surface area contributed by atoms with Gasteiger partial charge in [0.1, 0.15) is 23.0 Å². The molecule has 5 heteroatoms. The molecule has 37 heavy (non-hydrogen) atoms. The Hall–Kier alpha value is -4.12. The van der Waals surface area contributed by atoms with Crippen molar-refractivity contribution in [3.63, 3.8) is 0 Å². The highest BCUT2D eigenvalue weighted by Crippen LogP contribution is 2.40. The van der Waals surface area contributed by atoms with Crippen LogP contribution in [0, 0.1) is 44.7 Å². The standard InChI is InChI=1S/C32H33NO4/c1-20-8-12-28(13-9-20)36-30-21(2)16-25(17-22(30)3)32(6,7)26-18-23(4)31(24(5)19-26)37-29-14-10-27(11-15-29)33(34)35/h8-19H,1-7H3. The maximum absolute atomic E-state index is 10.9. The van der Waals surface area contributed by atoms with Gasteiger partial charge in [-0.15, -0.1) is 0 Å². The summed E-state index contributed by atoms with van der Waals surface area (Å²) >= 11 is 0. The minimum atomic E-state index is -0.415. The molecule has 0 N–H and O–H groups in total. The highest BCUT2D eigenvalue weighted by atomic mass is 16.6. The quantitative estimate of drug-likeness (QED) is 0.189. The highest BCUT2D eigenvalue weighted by molar-refractivity contribution is 5.53. The average Bonchev–Trinajstić information content (AvgIpc) is 2.84. The van der Waals surface area contributed by atoms with Gasteiger partial charge >= 0.3 is 0 Å². The van der Waals surface area contributed by atoms with Crippen molar-refractivity contribution >= 4 is 5.69 Å². The Labute approximate surface area is 218 Å². The second kappa shape index (κ2) is 10.1. The molecule has 4 rings (SSSR count). The van der Waals surface area contributed by atoms with Crippen LogP contribution < -0.4 is 9.47 Å². The van der Waals surface area contributed by atoms with Gasteiger partial charge in [0, 0.05) is 17.5 Å². The summed E-state index contributed by atoms with van der Waals surface area (Å²) in [5.41, 5.74) is 7.59. The smallest absolute Gasteiger partial charge is 0.269 e. The van der Waals surface area contributed by atoms with Crippen LogP contribution in [-0.2, 0) is 5.41 Å². The Morgan fingerprint density at radius 3 is 1.32 bits per heavy atom. The minimum absolute atomic E-state index is 0.0405. The van der Waals surface area contributed by atoms with Gasteiger partial charge in [0.05, 0.1) is 4.92 Å². The van der Waals surface area contributed by atoms with Gasteiger partial charge in [-0.1, -0.05) is 55.8 Å². The molecule has 0 aliphatic rings. The molecule has 0 aromatic heterocycles. The van der Waals surface area contributed by atoms with E-state index < -0.39 is 4.92 Å². The summed E-state index contributed by atoms with van der Waals surface area (Å²) in [5, 5.41) is 10.9. The van der Waals surface area contributed by atoms with E-state index >= 15 is 0 Å². The zero-order valence-electron chi connectivity index (χ0n) is 22.5. The molecule has 0 aliphatic heterocycles. The van der Waals surface area contributed by atoms with Crippen LogP contribution in [0.4, 0.5) is 5.69 Å². The number of nitro benzene ring substituents is 1. The summed E-state index contributed by atoms with van der Waals surface area (Å²) in [4.78, 5) is 10.5. The van der Waals surface area contributed by atoms with Crippen molar-refractivity contribution < 1.29 is 14.4 Å². The van der Waals surface area contributed by atoms with E-state index in [1.54, 1.807) is 12.1 Å². The topological polar surface area (TPSA) is 61.6 Å². The van der Waals surface area contributed by atoms with E-state index in [9.17, 15) is 10.1 Å². The van der Waals surface area contributed by atoms with E-state index in [-0.39, 0.29) is 11.1 Å². The first-order valence-corrected chi connectivity index (χ1v) is 12.4. The molecule has 0 saturated heterocycles. The number of aryl methyl sites for hydroxylation is 5. The van der Waals surface area contributed by atoms with Crippen LogP contribution in [-0.4, -0.2) is 4.92 Å². The second-order valence-corrected chi connectivity index (χ2v) is 10.3. The zero-order chi connectivity index (χ0) is 26.9. The average molecular weight is 496 g/mol. The lowest BCUT2D eigenvalue weighted by atomic mass is 9.76. The summed E-state index contributed by atoms with van der Waals surface area (Å²) in [6.07, 6.45) is 0. The van der Waals surface area contributed by atoms with Crippen LogP contribution in [0.5, 0.6) is 23.0 Å². The van der Waals surface area contributed by atoms with Crippen molar-refractivity contribution in [1.29, 1.82) is 0 Å². The number of nitrogens with zero attached hydrogens (tertiary/aromatic N) is 1. The van der Waals surface area contributed by atoms with Crippen molar-refractivity contribution in [3.8, 4) is 23.0 Å². The summed E-state index contributed by atoms with van der Waals surface area (Å²) in [6, 6.07) is 23.0. The zero-order valence-corrected chi connectivity index (χ0v) is 22.5. The van der Waals surface area contributed by atoms with Crippen molar-refractivity contribution in [2.75, 3.05) is 0 Å². The van der Waals surface area contributed by atoms with E-state index in [0.29, 0.717) is 5.75 Å². The van der Waals surface area contributed by atoms with E-state index in [2.05, 4.69) is 71.0 Å². The molecule has 0 aliphatic carbocycles. The fourth-order valence-corrected chi connectivity index (χ4v) is 4.59. The van der Waals surface area contributed by atoms with Crippen molar-refractivity contribution in [2.24, 2.45) is 0 Å². The summed E-state index contributed by atoms with van der Waals surface area (Å²) in [6.45, 7) is 14.8. The summed E-state index contributed by atoms with van der Waals surface area (Å²) in [7, 11) is 0. The van der Waals surface area contributed by atoms with E-state index in [1.165, 1.54) is 28.8 Å². The molecular weight excluding hydrogens is 462 g/mol. The largest absolute Gasteiger partial charge is 0.457 e. The lowest BCUT2D eigenvalue weighted by Gasteiger charge is -2.29. The first kappa shape index (κ1) is 26.0. The highest BCUT2D eigenvalue weighted by Gasteiger charge is 2.26. The fourth-order valence-electron chi connectivity index (χ4n) is 4.59. The van der Waals surface area contributed by atoms with Gasteiger partial charge in [-0.3, -0.25) is 10.1 Å². The fraction of sp³-hybridized carbons (Fsp3) is 0.250. The number of hydrogen-bond donors (Lipinski definition) is 0. The molecule has 0 amide bonds. The van der Waals surface area contributed by atoms with Gasteiger partial charge in [-0.25, -0.2) is 0 Å². The monoisotopic (exact) mass is 495 g/mol. The normalized spacial score (nSPS) is 11.3. The predicted molar refractivity (Wildman–Crippen MR) is 148 cm³/mol. The lowest BCUT2D eigenvalue weighted by molar-refractivity contribution is -0.384. The molecule has 0 atom stereocenters. The maximum atomic E-state index is 10.9. The molecule has 0 spiro atoms. The maximum Gasteiger partial charge on any atom is 0.269 e. The lowest BCUT2D eigenvalue weighted by Crippen LogP contribution is -2.20. The number of non-ortho nitro benzene ring substituents is 1. The van der Waals surface area contributed by atoms with Crippen molar-refractivity contribution in [3.05, 3.63) is 122 Å². The molecule has 0 bridgehead atoms. The molecule has 0 unspecified atom stereocenters. The van der Waals surface area contributed by atoms with Crippen LogP contribution in [0.1, 0.15) is 52.8 Å². The second-order valence-electron chi connectivity index (χ2n) is 10.3. The minimum Gasteiger partial charge on any atom is -0.457 e. The van der Waals surface area contributed by atoms with E-state index in [4.69, 9.17) is 9.47 Å². The SMILES string of the molecule is Cc1ccc(Oc2c(C)cc(C(C)(C)c3cc(C)c(Oc4ccc([N+](=O)[O-])cc4)c(C)c3)cc2C)cc1. The molecule has 4 aromatic rings. The summed E-state index contributed by atoms with van der Waals surface area (Å²) < 4.78 is 12.4. The number of ether oxygens (including phenoxy) is 2. The number of nitro groups is 1. The van der Waals surface area contributed by atoms with Crippen LogP contribution in [0.15, 0.2) is 72.8 Å². The van der Waals surface area contributed by atoms with Gasteiger partial charge in [-0.05, 0) is 92.3 Å². The predicted octanol–water partition coefficient (Wildman–Crippen LogP) is 9.05. The van der Waals surface area contributed by atoms with E-state index in [0.717, 1.165) is 39.5 Å². The van der Waals surface area contributed by atoms with Gasteiger partial charge in [0.25, 0.3) is 5.69 Å². The van der Waals surface area contributed by atoms with Crippen LogP contribution in [0.3, 0.4) is 0 Å². The molecular formula is C32H33NO4. The third-order valence-electron chi connectivity index (χ3n) is 6.87. The molecule has 4 aromatic carbocycles. The molecule has 190 valence electrons. The Morgan fingerprint density at radius 2 is 0.973 bits per heavy atom. The Balaban J connectivity index is 1.62. The summed E-state index contributed by atoms with van der Waals surface area (Å²) in [5.74, 6) is 3.06. The first-order valence-electron chi connectivity index (χ1n) is 12.4. The Kier molecular flexibility index (Phi) is 7.08. The molecule has 0 fully saturated rings. The van der Waals surface area contributed by atoms with Crippen molar-refractivity contribution in [2.45, 2.75) is 53.9 Å². The van der Waals surface area contributed by atoms with E-state index in [1.807, 2.05) is 26.0 Å². The Bertz CT molecular complexity index is 1410. The third kappa shape index (κ3) is 5.51.